The van der Waals surface area contributed by atoms with Gasteiger partial charge in [-0.1, -0.05) is 67.9 Å². The van der Waals surface area contributed by atoms with Crippen LogP contribution in [0.5, 0.6) is 0 Å². The summed E-state index contributed by atoms with van der Waals surface area (Å²) in [5, 5.41) is 0.805. The number of halogens is 3. The molecule has 3 nitrogen and oxygen atoms in total. The van der Waals surface area contributed by atoms with Crippen molar-refractivity contribution >= 4 is 36.4 Å². The Bertz CT molecular complexity index is 678. The number of likely N-dealkylation sites (N-methyl/N-ethyl adjacent to an activating group) is 1. The minimum absolute atomic E-state index is 0. The van der Waals surface area contributed by atoms with Gasteiger partial charge in [0.15, 0.2) is 0 Å². The fourth-order valence-corrected chi connectivity index (χ4v) is 4.03. The van der Waals surface area contributed by atoms with Gasteiger partial charge in [0.25, 0.3) is 0 Å². The van der Waals surface area contributed by atoms with E-state index >= 15 is 0 Å². The summed E-state index contributed by atoms with van der Waals surface area (Å²) in [5.41, 5.74) is 2.75. The van der Waals surface area contributed by atoms with E-state index in [0.717, 1.165) is 57.4 Å². The van der Waals surface area contributed by atoms with Gasteiger partial charge in [-0.3, -0.25) is 9.80 Å². The lowest BCUT2D eigenvalue weighted by Gasteiger charge is -2.42. The molecule has 2 aromatic carbocycles. The largest absolute Gasteiger partial charge is 0.303 e. The van der Waals surface area contributed by atoms with Crippen LogP contribution in [-0.4, -0.2) is 60.5 Å². The first-order chi connectivity index (χ1) is 13.2. The second-order valence-corrected chi connectivity index (χ2v) is 7.79. The van der Waals surface area contributed by atoms with Gasteiger partial charge >= 0.3 is 0 Å². The highest BCUT2D eigenvalue weighted by molar-refractivity contribution is 6.30. The third-order valence-electron chi connectivity index (χ3n) is 5.69. The topological polar surface area (TPSA) is 9.72 Å². The zero-order chi connectivity index (χ0) is 19.1. The second-order valence-electron chi connectivity index (χ2n) is 7.35. The Morgan fingerprint density at radius 2 is 1.59 bits per heavy atom. The fraction of sp³-hybridized carbons (Fsp3) is 0.478. The molecule has 0 aromatic heterocycles. The number of hydrogen-bond donors (Lipinski definition) is 0. The molecule has 3 rings (SSSR count). The molecule has 0 N–H and O–H groups in total. The monoisotopic (exact) mass is 457 g/mol. The SMILES string of the molecule is CCN(CC)CCN1CCN(Cc2ccc(Cl)cc2)C(c2ccccc2)C1.Cl.Cl. The molecule has 0 spiro atoms. The molecule has 0 aliphatic carbocycles. The van der Waals surface area contributed by atoms with Crippen LogP contribution in [0.1, 0.15) is 31.0 Å². The maximum absolute atomic E-state index is 6.06. The van der Waals surface area contributed by atoms with Gasteiger partial charge in [-0.25, -0.2) is 0 Å². The minimum Gasteiger partial charge on any atom is -0.303 e. The second kappa shape index (κ2) is 13.5. The number of piperazine rings is 1. The molecule has 1 unspecified atom stereocenters. The fourth-order valence-electron chi connectivity index (χ4n) is 3.91. The Morgan fingerprint density at radius 3 is 2.21 bits per heavy atom. The highest BCUT2D eigenvalue weighted by atomic mass is 35.5. The first kappa shape index (κ1) is 26.2. The highest BCUT2D eigenvalue weighted by Gasteiger charge is 2.28. The zero-order valence-corrected chi connectivity index (χ0v) is 19.9. The molecule has 1 aliphatic heterocycles. The molecule has 0 saturated carbocycles. The van der Waals surface area contributed by atoms with Crippen LogP contribution in [0.3, 0.4) is 0 Å². The van der Waals surface area contributed by atoms with Crippen LogP contribution in [0.4, 0.5) is 0 Å². The van der Waals surface area contributed by atoms with E-state index in [1.54, 1.807) is 0 Å². The van der Waals surface area contributed by atoms with Gasteiger partial charge in [0.2, 0.25) is 0 Å². The van der Waals surface area contributed by atoms with Gasteiger partial charge in [0, 0.05) is 50.3 Å². The average Bonchev–Trinajstić information content (AvgIpc) is 2.72. The number of rotatable bonds is 8. The van der Waals surface area contributed by atoms with Crippen LogP contribution < -0.4 is 0 Å². The van der Waals surface area contributed by atoms with Crippen LogP contribution in [0.2, 0.25) is 5.02 Å². The van der Waals surface area contributed by atoms with Crippen LogP contribution >= 0.6 is 36.4 Å². The van der Waals surface area contributed by atoms with Gasteiger partial charge in [0.05, 0.1) is 0 Å². The first-order valence-corrected chi connectivity index (χ1v) is 10.6. The van der Waals surface area contributed by atoms with Gasteiger partial charge in [0.1, 0.15) is 0 Å². The van der Waals surface area contributed by atoms with Crippen LogP contribution in [0.25, 0.3) is 0 Å². The van der Waals surface area contributed by atoms with Crippen LogP contribution in [-0.2, 0) is 6.54 Å². The van der Waals surface area contributed by atoms with Crippen molar-refractivity contribution in [2.75, 3.05) is 45.8 Å². The van der Waals surface area contributed by atoms with Crippen molar-refractivity contribution in [2.24, 2.45) is 0 Å². The molecule has 0 amide bonds. The van der Waals surface area contributed by atoms with E-state index in [1.165, 1.54) is 11.1 Å². The lowest BCUT2D eigenvalue weighted by atomic mass is 10.0. The molecule has 0 radical (unpaired) electrons. The Kier molecular flexibility index (Phi) is 12.2. The molecular formula is C23H34Cl3N3. The standard InChI is InChI=1S/C23H32ClN3.2ClH/c1-3-25(4-2)14-15-26-16-17-27(18-20-10-12-22(24)13-11-20)23(19-26)21-8-6-5-7-9-21;;/h5-13,23H,3-4,14-19H2,1-2H3;2*1H. The van der Waals surface area contributed by atoms with Gasteiger partial charge in [-0.15, -0.1) is 24.8 Å². The van der Waals surface area contributed by atoms with E-state index in [2.05, 4.69) is 71.0 Å². The highest BCUT2D eigenvalue weighted by Crippen LogP contribution is 2.27. The molecule has 1 saturated heterocycles. The van der Waals surface area contributed by atoms with Crippen molar-refractivity contribution in [1.82, 2.24) is 14.7 Å². The Labute approximate surface area is 193 Å². The van der Waals surface area contributed by atoms with E-state index in [0.29, 0.717) is 6.04 Å². The average molecular weight is 459 g/mol. The third kappa shape index (κ3) is 7.75. The molecule has 1 heterocycles. The lowest BCUT2D eigenvalue weighted by molar-refractivity contribution is 0.0620. The maximum Gasteiger partial charge on any atom is 0.0479 e. The summed E-state index contributed by atoms with van der Waals surface area (Å²) in [4.78, 5) is 7.76. The summed E-state index contributed by atoms with van der Waals surface area (Å²) in [5.74, 6) is 0. The Hall–Kier alpha value is -0.810. The number of hydrogen-bond acceptors (Lipinski definition) is 3. The third-order valence-corrected chi connectivity index (χ3v) is 5.94. The Morgan fingerprint density at radius 1 is 0.931 bits per heavy atom. The van der Waals surface area contributed by atoms with Crippen molar-refractivity contribution in [3.05, 3.63) is 70.7 Å². The van der Waals surface area contributed by atoms with Crippen molar-refractivity contribution < 1.29 is 0 Å². The van der Waals surface area contributed by atoms with E-state index in [1.807, 2.05) is 12.1 Å². The summed E-state index contributed by atoms with van der Waals surface area (Å²) < 4.78 is 0. The lowest BCUT2D eigenvalue weighted by Crippen LogP contribution is -2.49. The summed E-state index contributed by atoms with van der Waals surface area (Å²) in [7, 11) is 0. The summed E-state index contributed by atoms with van der Waals surface area (Å²) in [6.45, 7) is 13.4. The molecule has 0 bridgehead atoms. The van der Waals surface area contributed by atoms with Gasteiger partial charge in [-0.05, 0) is 36.3 Å². The predicted molar refractivity (Wildman–Crippen MR) is 130 cm³/mol. The zero-order valence-electron chi connectivity index (χ0n) is 17.5. The number of benzene rings is 2. The predicted octanol–water partition coefficient (Wildman–Crippen LogP) is 5.38. The minimum atomic E-state index is 0. The van der Waals surface area contributed by atoms with Gasteiger partial charge < -0.3 is 4.90 Å². The molecule has 1 fully saturated rings. The molecule has 6 heteroatoms. The summed E-state index contributed by atoms with van der Waals surface area (Å²) >= 11 is 6.06. The van der Waals surface area contributed by atoms with E-state index in [9.17, 15) is 0 Å². The molecule has 162 valence electrons. The van der Waals surface area contributed by atoms with Crippen molar-refractivity contribution in [3.63, 3.8) is 0 Å². The smallest absolute Gasteiger partial charge is 0.0479 e. The van der Waals surface area contributed by atoms with Crippen molar-refractivity contribution in [3.8, 4) is 0 Å². The van der Waals surface area contributed by atoms with Gasteiger partial charge in [-0.2, -0.15) is 0 Å². The molecule has 29 heavy (non-hydrogen) atoms. The van der Waals surface area contributed by atoms with Crippen molar-refractivity contribution in [2.45, 2.75) is 26.4 Å². The summed E-state index contributed by atoms with van der Waals surface area (Å²) in [6.07, 6.45) is 0. The number of nitrogens with zero attached hydrogens (tertiary/aromatic N) is 3. The normalized spacial score (nSPS) is 17.6. The van der Waals surface area contributed by atoms with Crippen LogP contribution in [0, 0.1) is 0 Å². The van der Waals surface area contributed by atoms with Crippen LogP contribution in [0.15, 0.2) is 54.6 Å². The maximum atomic E-state index is 6.06. The molecule has 1 atom stereocenters. The quantitative estimate of drug-likeness (QED) is 0.525. The van der Waals surface area contributed by atoms with E-state index in [-0.39, 0.29) is 24.8 Å². The first-order valence-electron chi connectivity index (χ1n) is 10.2. The molecular weight excluding hydrogens is 425 g/mol. The Balaban J connectivity index is 0.00000210. The molecule has 1 aliphatic rings. The summed E-state index contributed by atoms with van der Waals surface area (Å²) in [6, 6.07) is 19.7. The van der Waals surface area contributed by atoms with E-state index in [4.69, 9.17) is 11.6 Å². The van der Waals surface area contributed by atoms with E-state index < -0.39 is 0 Å². The van der Waals surface area contributed by atoms with Crippen molar-refractivity contribution in [1.29, 1.82) is 0 Å². The molecule has 2 aromatic rings.